The van der Waals surface area contributed by atoms with Crippen LogP contribution in [0.25, 0.3) is 0 Å². The smallest absolute Gasteiger partial charge is 0.188 e. The van der Waals surface area contributed by atoms with Crippen molar-refractivity contribution < 1.29 is 9.47 Å². The fraction of sp³-hybridized carbons (Fsp3) is 0.222. The molecule has 0 aliphatic heterocycles. The number of hydrogen-bond acceptors (Lipinski definition) is 3. The first-order chi connectivity index (χ1) is 6.27. The third-order valence-electron chi connectivity index (χ3n) is 1.39. The standard InChI is InChI=1S/C9H8INO2/c1-12-6-13-9-3-2-8(10)4-7(9)5-11/h2-4H,6H2,1H3. The van der Waals surface area contributed by atoms with Crippen molar-refractivity contribution in [1.29, 1.82) is 5.26 Å². The van der Waals surface area contributed by atoms with Gasteiger partial charge < -0.3 is 9.47 Å². The van der Waals surface area contributed by atoms with E-state index in [0.29, 0.717) is 11.3 Å². The lowest BCUT2D eigenvalue weighted by Gasteiger charge is -2.05. The molecule has 0 bridgehead atoms. The highest BCUT2D eigenvalue weighted by Gasteiger charge is 2.02. The Kier molecular flexibility index (Phi) is 3.99. The van der Waals surface area contributed by atoms with Crippen molar-refractivity contribution in [1.82, 2.24) is 0 Å². The molecule has 0 fully saturated rings. The molecule has 13 heavy (non-hydrogen) atoms. The quantitative estimate of drug-likeness (QED) is 0.632. The molecular formula is C9H8INO2. The van der Waals surface area contributed by atoms with Gasteiger partial charge >= 0.3 is 0 Å². The summed E-state index contributed by atoms with van der Waals surface area (Å²) >= 11 is 2.15. The summed E-state index contributed by atoms with van der Waals surface area (Å²) in [4.78, 5) is 0. The second-order valence-electron chi connectivity index (χ2n) is 2.30. The van der Waals surface area contributed by atoms with Crippen LogP contribution in [0.15, 0.2) is 18.2 Å². The first-order valence-corrected chi connectivity index (χ1v) is 4.67. The van der Waals surface area contributed by atoms with Gasteiger partial charge in [-0.2, -0.15) is 5.26 Å². The van der Waals surface area contributed by atoms with E-state index in [9.17, 15) is 0 Å². The monoisotopic (exact) mass is 289 g/mol. The molecular weight excluding hydrogens is 281 g/mol. The highest BCUT2D eigenvalue weighted by molar-refractivity contribution is 14.1. The molecule has 0 spiro atoms. The van der Waals surface area contributed by atoms with Gasteiger partial charge in [-0.25, -0.2) is 0 Å². The van der Waals surface area contributed by atoms with Gasteiger partial charge in [0.2, 0.25) is 0 Å². The summed E-state index contributed by atoms with van der Waals surface area (Å²) in [6, 6.07) is 7.47. The number of rotatable bonds is 3. The molecule has 0 N–H and O–H groups in total. The van der Waals surface area contributed by atoms with Gasteiger partial charge in [-0.3, -0.25) is 0 Å². The number of nitrogens with zero attached hydrogens (tertiary/aromatic N) is 1. The molecule has 1 aromatic rings. The van der Waals surface area contributed by atoms with Crippen LogP contribution in [0.1, 0.15) is 5.56 Å². The molecule has 0 atom stereocenters. The Morgan fingerprint density at radius 1 is 1.54 bits per heavy atom. The lowest BCUT2D eigenvalue weighted by molar-refractivity contribution is 0.0509. The van der Waals surface area contributed by atoms with Crippen LogP contribution in [0, 0.1) is 14.9 Å². The van der Waals surface area contributed by atoms with E-state index in [1.54, 1.807) is 19.2 Å². The number of methoxy groups -OCH3 is 1. The van der Waals surface area contributed by atoms with Crippen molar-refractivity contribution in [2.45, 2.75) is 0 Å². The Labute approximate surface area is 90.4 Å². The van der Waals surface area contributed by atoms with Crippen molar-refractivity contribution in [2.24, 2.45) is 0 Å². The molecule has 0 amide bonds. The maximum absolute atomic E-state index is 8.77. The third kappa shape index (κ3) is 2.86. The van der Waals surface area contributed by atoms with Crippen molar-refractivity contribution in [3.63, 3.8) is 0 Å². The van der Waals surface area contributed by atoms with Crippen LogP contribution in [0.3, 0.4) is 0 Å². The molecule has 0 aromatic heterocycles. The molecule has 0 saturated carbocycles. The average Bonchev–Trinajstić information content (AvgIpc) is 2.16. The van der Waals surface area contributed by atoms with E-state index < -0.39 is 0 Å². The van der Waals surface area contributed by atoms with Gasteiger partial charge in [-0.1, -0.05) is 0 Å². The van der Waals surface area contributed by atoms with Gasteiger partial charge in [-0.15, -0.1) is 0 Å². The van der Waals surface area contributed by atoms with Gasteiger partial charge in [0.1, 0.15) is 11.8 Å². The molecule has 0 saturated heterocycles. The Hall–Kier alpha value is -0.800. The number of hydrogen-bond donors (Lipinski definition) is 0. The molecule has 0 aliphatic carbocycles. The topological polar surface area (TPSA) is 42.2 Å². The molecule has 1 aromatic carbocycles. The van der Waals surface area contributed by atoms with Crippen LogP contribution in [0.2, 0.25) is 0 Å². The van der Waals surface area contributed by atoms with Crippen molar-refractivity contribution >= 4 is 22.6 Å². The lowest BCUT2D eigenvalue weighted by atomic mass is 10.2. The zero-order valence-electron chi connectivity index (χ0n) is 7.08. The Balaban J connectivity index is 2.88. The first kappa shape index (κ1) is 10.3. The van der Waals surface area contributed by atoms with Gasteiger partial charge in [0.25, 0.3) is 0 Å². The summed E-state index contributed by atoms with van der Waals surface area (Å²) in [7, 11) is 1.54. The van der Waals surface area contributed by atoms with Crippen LogP contribution >= 0.6 is 22.6 Å². The van der Waals surface area contributed by atoms with E-state index in [1.807, 2.05) is 6.07 Å². The normalized spacial score (nSPS) is 9.31. The average molecular weight is 289 g/mol. The van der Waals surface area contributed by atoms with Crippen LogP contribution in [0.4, 0.5) is 0 Å². The molecule has 1 rings (SSSR count). The van der Waals surface area contributed by atoms with E-state index in [2.05, 4.69) is 28.7 Å². The lowest BCUT2D eigenvalue weighted by Crippen LogP contribution is -2.00. The van der Waals surface area contributed by atoms with Crippen LogP contribution in [-0.2, 0) is 4.74 Å². The van der Waals surface area contributed by atoms with Crippen LogP contribution in [0.5, 0.6) is 5.75 Å². The van der Waals surface area contributed by atoms with E-state index in [1.165, 1.54) is 0 Å². The SMILES string of the molecule is COCOc1ccc(I)cc1C#N. The predicted molar refractivity (Wildman–Crippen MR) is 56.4 cm³/mol. The summed E-state index contributed by atoms with van der Waals surface area (Å²) < 4.78 is 10.9. The maximum Gasteiger partial charge on any atom is 0.188 e. The zero-order chi connectivity index (χ0) is 9.68. The zero-order valence-corrected chi connectivity index (χ0v) is 9.24. The number of benzene rings is 1. The molecule has 4 heteroatoms. The highest BCUT2D eigenvalue weighted by Crippen LogP contribution is 2.20. The van der Waals surface area contributed by atoms with Crippen molar-refractivity contribution in [3.8, 4) is 11.8 Å². The second kappa shape index (κ2) is 5.04. The maximum atomic E-state index is 8.77. The summed E-state index contributed by atoms with van der Waals surface area (Å²) in [5, 5.41) is 8.77. The fourth-order valence-corrected chi connectivity index (χ4v) is 1.33. The molecule has 0 radical (unpaired) electrons. The van der Waals surface area contributed by atoms with Crippen molar-refractivity contribution in [2.75, 3.05) is 13.9 Å². The summed E-state index contributed by atoms with van der Waals surface area (Å²) in [6.07, 6.45) is 0. The predicted octanol–water partition coefficient (Wildman–Crippen LogP) is 2.15. The Bertz CT molecular complexity index is 333. The van der Waals surface area contributed by atoms with E-state index in [0.717, 1.165) is 3.57 Å². The van der Waals surface area contributed by atoms with Gasteiger partial charge in [0, 0.05) is 10.7 Å². The Morgan fingerprint density at radius 3 is 2.92 bits per heavy atom. The fourth-order valence-electron chi connectivity index (χ4n) is 0.838. The largest absolute Gasteiger partial charge is 0.466 e. The molecule has 0 heterocycles. The van der Waals surface area contributed by atoms with Gasteiger partial charge in [-0.05, 0) is 40.8 Å². The second-order valence-corrected chi connectivity index (χ2v) is 3.55. The van der Waals surface area contributed by atoms with Gasteiger partial charge in [0.15, 0.2) is 6.79 Å². The van der Waals surface area contributed by atoms with Crippen molar-refractivity contribution in [3.05, 3.63) is 27.3 Å². The molecule has 0 unspecified atom stereocenters. The van der Waals surface area contributed by atoms with E-state index in [4.69, 9.17) is 14.7 Å². The Morgan fingerprint density at radius 2 is 2.31 bits per heavy atom. The molecule has 3 nitrogen and oxygen atoms in total. The minimum Gasteiger partial charge on any atom is -0.466 e. The highest BCUT2D eigenvalue weighted by atomic mass is 127. The summed E-state index contributed by atoms with van der Waals surface area (Å²) in [5.41, 5.74) is 0.531. The first-order valence-electron chi connectivity index (χ1n) is 3.59. The molecule has 0 aliphatic rings. The minimum absolute atomic E-state index is 0.162. The third-order valence-corrected chi connectivity index (χ3v) is 2.07. The number of ether oxygens (including phenoxy) is 2. The number of nitriles is 1. The summed E-state index contributed by atoms with van der Waals surface area (Å²) in [6.45, 7) is 0.162. The number of halogens is 1. The van der Waals surface area contributed by atoms with E-state index >= 15 is 0 Å². The minimum atomic E-state index is 0.162. The van der Waals surface area contributed by atoms with Crippen LogP contribution in [-0.4, -0.2) is 13.9 Å². The summed E-state index contributed by atoms with van der Waals surface area (Å²) in [5.74, 6) is 0.560. The van der Waals surface area contributed by atoms with Crippen LogP contribution < -0.4 is 4.74 Å². The molecule has 68 valence electrons. The van der Waals surface area contributed by atoms with E-state index in [-0.39, 0.29) is 6.79 Å². The van der Waals surface area contributed by atoms with Gasteiger partial charge in [0.05, 0.1) is 5.56 Å².